The molecular formula is C18H16BrN3. The van der Waals surface area contributed by atoms with Crippen LogP contribution < -0.4 is 5.73 Å². The Morgan fingerprint density at radius 1 is 0.864 bits per heavy atom. The summed E-state index contributed by atoms with van der Waals surface area (Å²) >= 11 is 3.44. The second kappa shape index (κ2) is 6.28. The first-order chi connectivity index (χ1) is 10.7. The molecule has 22 heavy (non-hydrogen) atoms. The van der Waals surface area contributed by atoms with Crippen LogP contribution in [-0.4, -0.2) is 9.97 Å². The highest BCUT2D eigenvalue weighted by Crippen LogP contribution is 2.25. The van der Waals surface area contributed by atoms with Gasteiger partial charge in [-0.15, -0.1) is 0 Å². The third-order valence-corrected chi connectivity index (χ3v) is 4.07. The summed E-state index contributed by atoms with van der Waals surface area (Å²) in [6.45, 7) is 2.14. The van der Waals surface area contributed by atoms with Crippen LogP contribution in [0.15, 0.2) is 59.1 Å². The maximum Gasteiger partial charge on any atom is 0.221 e. The van der Waals surface area contributed by atoms with E-state index in [1.54, 1.807) is 0 Å². The molecule has 0 unspecified atom stereocenters. The van der Waals surface area contributed by atoms with Crippen LogP contribution in [0, 0.1) is 0 Å². The van der Waals surface area contributed by atoms with E-state index in [2.05, 4.69) is 57.1 Å². The molecule has 0 aliphatic rings. The number of hydrogen-bond donors (Lipinski definition) is 1. The minimum atomic E-state index is 0.287. The van der Waals surface area contributed by atoms with Crippen LogP contribution in [-0.2, 0) is 6.42 Å². The summed E-state index contributed by atoms with van der Waals surface area (Å²) in [4.78, 5) is 8.70. The third kappa shape index (κ3) is 3.17. The van der Waals surface area contributed by atoms with E-state index in [1.807, 2.05) is 30.3 Å². The molecule has 0 bridgehead atoms. The Labute approximate surface area is 138 Å². The normalized spacial score (nSPS) is 10.6. The van der Waals surface area contributed by atoms with Gasteiger partial charge < -0.3 is 5.73 Å². The van der Waals surface area contributed by atoms with Gasteiger partial charge in [-0.25, -0.2) is 9.97 Å². The van der Waals surface area contributed by atoms with Crippen molar-refractivity contribution in [1.82, 2.24) is 9.97 Å². The van der Waals surface area contributed by atoms with E-state index in [9.17, 15) is 0 Å². The molecule has 3 rings (SSSR count). The first-order valence-corrected chi connectivity index (χ1v) is 7.95. The quantitative estimate of drug-likeness (QED) is 0.741. The molecule has 0 saturated carbocycles. The predicted molar refractivity (Wildman–Crippen MR) is 94.4 cm³/mol. The standard InChI is InChI=1S/C18H16BrN3/c1-2-12-3-5-13(6-4-12)16-11-17(22-18(20)21-16)14-7-9-15(19)10-8-14/h3-11H,2H2,1H3,(H2,20,21,22). The summed E-state index contributed by atoms with van der Waals surface area (Å²) in [7, 11) is 0. The number of nitrogens with two attached hydrogens (primary N) is 1. The molecule has 0 amide bonds. The van der Waals surface area contributed by atoms with Crippen molar-refractivity contribution < 1.29 is 0 Å². The first kappa shape index (κ1) is 14.7. The lowest BCUT2D eigenvalue weighted by Crippen LogP contribution is -1.98. The largest absolute Gasteiger partial charge is 0.368 e. The zero-order valence-corrected chi connectivity index (χ0v) is 13.8. The van der Waals surface area contributed by atoms with E-state index in [0.717, 1.165) is 33.4 Å². The van der Waals surface area contributed by atoms with Crippen LogP contribution in [0.2, 0.25) is 0 Å². The van der Waals surface area contributed by atoms with Gasteiger partial charge in [-0.3, -0.25) is 0 Å². The molecule has 0 aliphatic carbocycles. The molecular weight excluding hydrogens is 338 g/mol. The summed E-state index contributed by atoms with van der Waals surface area (Å²) in [6.07, 6.45) is 1.02. The summed E-state index contributed by atoms with van der Waals surface area (Å²) in [5.41, 5.74) is 10.9. The van der Waals surface area contributed by atoms with E-state index < -0.39 is 0 Å². The maximum atomic E-state index is 5.89. The second-order valence-electron chi connectivity index (χ2n) is 5.05. The Hall–Kier alpha value is -2.20. The fraction of sp³-hybridized carbons (Fsp3) is 0.111. The summed E-state index contributed by atoms with van der Waals surface area (Å²) < 4.78 is 1.04. The molecule has 0 radical (unpaired) electrons. The average molecular weight is 354 g/mol. The highest BCUT2D eigenvalue weighted by Gasteiger charge is 2.07. The van der Waals surface area contributed by atoms with E-state index >= 15 is 0 Å². The fourth-order valence-corrected chi connectivity index (χ4v) is 2.56. The van der Waals surface area contributed by atoms with Crippen LogP contribution in [0.4, 0.5) is 5.95 Å². The summed E-state index contributed by atoms with van der Waals surface area (Å²) in [5, 5.41) is 0. The molecule has 4 heteroatoms. The van der Waals surface area contributed by atoms with Gasteiger partial charge in [0.1, 0.15) is 0 Å². The van der Waals surface area contributed by atoms with Gasteiger partial charge in [-0.05, 0) is 30.2 Å². The van der Waals surface area contributed by atoms with Gasteiger partial charge in [0.25, 0.3) is 0 Å². The molecule has 0 aliphatic heterocycles. The minimum Gasteiger partial charge on any atom is -0.368 e. The number of benzene rings is 2. The molecule has 1 aromatic heterocycles. The number of nitrogens with zero attached hydrogens (tertiary/aromatic N) is 2. The van der Waals surface area contributed by atoms with Crippen molar-refractivity contribution in [1.29, 1.82) is 0 Å². The molecule has 110 valence electrons. The van der Waals surface area contributed by atoms with E-state index in [-0.39, 0.29) is 5.95 Å². The minimum absolute atomic E-state index is 0.287. The second-order valence-corrected chi connectivity index (χ2v) is 5.97. The number of rotatable bonds is 3. The predicted octanol–water partition coefficient (Wildman–Crippen LogP) is 4.72. The number of nitrogen functional groups attached to an aromatic ring is 1. The van der Waals surface area contributed by atoms with Gasteiger partial charge in [0.2, 0.25) is 5.95 Å². The number of anilines is 1. The van der Waals surface area contributed by atoms with Crippen LogP contribution in [0.25, 0.3) is 22.5 Å². The number of aromatic nitrogens is 2. The van der Waals surface area contributed by atoms with Crippen molar-refractivity contribution in [2.24, 2.45) is 0 Å². The number of aryl methyl sites for hydroxylation is 1. The Balaban J connectivity index is 2.03. The zero-order valence-electron chi connectivity index (χ0n) is 12.3. The smallest absolute Gasteiger partial charge is 0.221 e. The molecule has 3 nitrogen and oxygen atoms in total. The molecule has 0 spiro atoms. The molecule has 1 heterocycles. The van der Waals surface area contributed by atoms with Crippen molar-refractivity contribution in [2.75, 3.05) is 5.73 Å². The monoisotopic (exact) mass is 353 g/mol. The molecule has 3 aromatic rings. The molecule has 0 saturated heterocycles. The molecule has 2 N–H and O–H groups in total. The Kier molecular flexibility index (Phi) is 4.20. The molecule has 0 atom stereocenters. The van der Waals surface area contributed by atoms with Gasteiger partial charge in [-0.1, -0.05) is 59.3 Å². The van der Waals surface area contributed by atoms with Crippen LogP contribution >= 0.6 is 15.9 Å². The lowest BCUT2D eigenvalue weighted by Gasteiger charge is -2.07. The van der Waals surface area contributed by atoms with Crippen molar-refractivity contribution in [3.63, 3.8) is 0 Å². The van der Waals surface area contributed by atoms with Crippen molar-refractivity contribution >= 4 is 21.9 Å². The zero-order chi connectivity index (χ0) is 15.5. The topological polar surface area (TPSA) is 51.8 Å². The summed E-state index contributed by atoms with van der Waals surface area (Å²) in [5.74, 6) is 0.287. The Morgan fingerprint density at radius 2 is 1.36 bits per heavy atom. The molecule has 0 fully saturated rings. The Bertz CT molecular complexity index is 780. The van der Waals surface area contributed by atoms with Crippen molar-refractivity contribution in [3.05, 3.63) is 64.6 Å². The van der Waals surface area contributed by atoms with E-state index in [4.69, 9.17) is 5.73 Å². The van der Waals surface area contributed by atoms with Crippen molar-refractivity contribution in [2.45, 2.75) is 13.3 Å². The maximum absolute atomic E-state index is 5.89. The fourth-order valence-electron chi connectivity index (χ4n) is 2.29. The van der Waals surface area contributed by atoms with Gasteiger partial charge in [0.15, 0.2) is 0 Å². The lowest BCUT2D eigenvalue weighted by molar-refractivity contribution is 1.14. The van der Waals surface area contributed by atoms with Crippen molar-refractivity contribution in [3.8, 4) is 22.5 Å². The Morgan fingerprint density at radius 3 is 1.86 bits per heavy atom. The highest BCUT2D eigenvalue weighted by atomic mass is 79.9. The average Bonchev–Trinajstić information content (AvgIpc) is 2.55. The van der Waals surface area contributed by atoms with Crippen LogP contribution in [0.1, 0.15) is 12.5 Å². The number of halogens is 1. The third-order valence-electron chi connectivity index (χ3n) is 3.54. The SMILES string of the molecule is CCc1ccc(-c2cc(-c3ccc(Br)cc3)nc(N)n2)cc1. The van der Waals surface area contributed by atoms with Crippen LogP contribution in [0.5, 0.6) is 0 Å². The van der Waals surface area contributed by atoms with Gasteiger partial charge >= 0.3 is 0 Å². The highest BCUT2D eigenvalue weighted by molar-refractivity contribution is 9.10. The van der Waals surface area contributed by atoms with E-state index in [1.165, 1.54) is 5.56 Å². The number of hydrogen-bond acceptors (Lipinski definition) is 3. The van der Waals surface area contributed by atoms with E-state index in [0.29, 0.717) is 0 Å². The summed E-state index contributed by atoms with van der Waals surface area (Å²) in [6, 6.07) is 18.4. The lowest BCUT2D eigenvalue weighted by atomic mass is 10.1. The van der Waals surface area contributed by atoms with Gasteiger partial charge in [0.05, 0.1) is 11.4 Å². The van der Waals surface area contributed by atoms with Gasteiger partial charge in [0, 0.05) is 15.6 Å². The van der Waals surface area contributed by atoms with Crippen LogP contribution in [0.3, 0.4) is 0 Å². The first-order valence-electron chi connectivity index (χ1n) is 7.15. The molecule has 2 aromatic carbocycles. The van der Waals surface area contributed by atoms with Gasteiger partial charge in [-0.2, -0.15) is 0 Å².